The molecule has 3 rings (SSSR count). The molecule has 0 bridgehead atoms. The van der Waals surface area contributed by atoms with Gasteiger partial charge < -0.3 is 10.2 Å². The third-order valence-electron chi connectivity index (χ3n) is 4.03. The number of aromatic nitrogens is 3. The number of nitrogens with one attached hydrogen (secondary N) is 2. The van der Waals surface area contributed by atoms with Crippen LogP contribution in [0.5, 0.6) is 0 Å². The van der Waals surface area contributed by atoms with Crippen molar-refractivity contribution >= 4 is 5.91 Å². The van der Waals surface area contributed by atoms with Crippen molar-refractivity contribution in [3.63, 3.8) is 0 Å². The quantitative estimate of drug-likeness (QED) is 0.850. The second-order valence-electron chi connectivity index (χ2n) is 6.05. The molecule has 2 aliphatic rings. The van der Waals surface area contributed by atoms with Crippen molar-refractivity contribution in [1.82, 2.24) is 25.4 Å². The van der Waals surface area contributed by atoms with Gasteiger partial charge in [-0.2, -0.15) is 0 Å². The number of H-pyrrole nitrogens is 1. The van der Waals surface area contributed by atoms with E-state index in [1.54, 1.807) is 0 Å². The van der Waals surface area contributed by atoms with Crippen LogP contribution in [0.15, 0.2) is 0 Å². The third kappa shape index (κ3) is 3.36. The Bertz CT molecular complexity index is 462. The molecule has 6 heteroatoms. The summed E-state index contributed by atoms with van der Waals surface area (Å²) in [5.41, 5.74) is 0. The Balaban J connectivity index is 1.49. The molecule has 1 atom stereocenters. The number of amides is 1. The van der Waals surface area contributed by atoms with Gasteiger partial charge in [-0.3, -0.25) is 9.89 Å². The van der Waals surface area contributed by atoms with Gasteiger partial charge >= 0.3 is 0 Å². The first-order chi connectivity index (χ1) is 9.72. The topological polar surface area (TPSA) is 73.9 Å². The van der Waals surface area contributed by atoms with E-state index in [1.807, 2.05) is 6.92 Å². The van der Waals surface area contributed by atoms with Crippen LogP contribution in [0.2, 0.25) is 0 Å². The molecule has 1 aromatic rings. The second-order valence-corrected chi connectivity index (χ2v) is 6.05. The summed E-state index contributed by atoms with van der Waals surface area (Å²) in [6.45, 7) is 5.24. The van der Waals surface area contributed by atoms with Gasteiger partial charge in [0, 0.05) is 18.5 Å². The van der Waals surface area contributed by atoms with Crippen LogP contribution in [0.4, 0.5) is 0 Å². The molecule has 1 saturated heterocycles. The van der Waals surface area contributed by atoms with Crippen molar-refractivity contribution in [2.24, 2.45) is 0 Å². The molecule has 0 aromatic carbocycles. The smallest absolute Gasteiger partial charge is 0.291 e. The average Bonchev–Trinajstić information content (AvgIpc) is 3.17. The predicted octanol–water partition coefficient (Wildman–Crippen LogP) is 1.29. The van der Waals surface area contributed by atoms with Crippen LogP contribution in [0.3, 0.4) is 0 Å². The highest BCUT2D eigenvalue weighted by Crippen LogP contribution is 2.37. The molecule has 6 nitrogen and oxygen atoms in total. The molecule has 1 aliphatic carbocycles. The SMILES string of the molecule is CC(CN1CCCCC1)NC(=O)c1n[nH]c(C2CC2)n1. The number of carbonyl (C=O) groups excluding carboxylic acids is 1. The lowest BCUT2D eigenvalue weighted by Crippen LogP contribution is -2.43. The van der Waals surface area contributed by atoms with Gasteiger partial charge in [0.25, 0.3) is 5.91 Å². The second kappa shape index (κ2) is 5.91. The molecule has 1 saturated carbocycles. The largest absolute Gasteiger partial charge is 0.346 e. The van der Waals surface area contributed by atoms with Crippen LogP contribution in [0.1, 0.15) is 61.4 Å². The van der Waals surface area contributed by atoms with Crippen LogP contribution in [0.25, 0.3) is 0 Å². The van der Waals surface area contributed by atoms with E-state index in [9.17, 15) is 4.79 Å². The Morgan fingerprint density at radius 3 is 2.85 bits per heavy atom. The predicted molar refractivity (Wildman–Crippen MR) is 75.6 cm³/mol. The fourth-order valence-corrected chi connectivity index (χ4v) is 2.78. The molecule has 1 aliphatic heterocycles. The van der Waals surface area contributed by atoms with E-state index in [0.29, 0.717) is 5.92 Å². The lowest BCUT2D eigenvalue weighted by molar-refractivity contribution is 0.0915. The van der Waals surface area contributed by atoms with Crippen LogP contribution >= 0.6 is 0 Å². The van der Waals surface area contributed by atoms with Gasteiger partial charge in [0.2, 0.25) is 5.82 Å². The van der Waals surface area contributed by atoms with Crippen LogP contribution < -0.4 is 5.32 Å². The Morgan fingerprint density at radius 1 is 1.40 bits per heavy atom. The molecular weight excluding hydrogens is 254 g/mol. The highest BCUT2D eigenvalue weighted by molar-refractivity contribution is 5.90. The molecular formula is C14H23N5O. The molecule has 1 unspecified atom stereocenters. The van der Waals surface area contributed by atoms with E-state index in [0.717, 1.165) is 38.3 Å². The summed E-state index contributed by atoms with van der Waals surface area (Å²) >= 11 is 0. The summed E-state index contributed by atoms with van der Waals surface area (Å²) in [7, 11) is 0. The van der Waals surface area contributed by atoms with E-state index in [4.69, 9.17) is 0 Å². The minimum atomic E-state index is -0.169. The highest BCUT2D eigenvalue weighted by atomic mass is 16.2. The molecule has 1 amide bonds. The van der Waals surface area contributed by atoms with Crippen molar-refractivity contribution in [2.75, 3.05) is 19.6 Å². The van der Waals surface area contributed by atoms with Crippen molar-refractivity contribution in [1.29, 1.82) is 0 Å². The molecule has 2 N–H and O–H groups in total. The molecule has 110 valence electrons. The number of rotatable bonds is 5. The molecule has 1 aromatic heterocycles. The first-order valence-corrected chi connectivity index (χ1v) is 7.68. The number of hydrogen-bond donors (Lipinski definition) is 2. The maximum Gasteiger partial charge on any atom is 0.291 e. The van der Waals surface area contributed by atoms with Crippen LogP contribution in [0, 0.1) is 0 Å². The lowest BCUT2D eigenvalue weighted by atomic mass is 10.1. The maximum atomic E-state index is 12.1. The summed E-state index contributed by atoms with van der Waals surface area (Å²) in [5.74, 6) is 1.46. The van der Waals surface area contributed by atoms with Gasteiger partial charge in [0.15, 0.2) is 0 Å². The molecule has 0 spiro atoms. The van der Waals surface area contributed by atoms with Crippen molar-refractivity contribution in [3.05, 3.63) is 11.6 Å². The van der Waals surface area contributed by atoms with E-state index >= 15 is 0 Å². The monoisotopic (exact) mass is 277 g/mol. The Labute approximate surface area is 119 Å². The van der Waals surface area contributed by atoms with E-state index in [1.165, 1.54) is 19.3 Å². The van der Waals surface area contributed by atoms with E-state index in [-0.39, 0.29) is 17.8 Å². The highest BCUT2D eigenvalue weighted by Gasteiger charge is 2.28. The summed E-state index contributed by atoms with van der Waals surface area (Å²) in [5, 5.41) is 9.88. The van der Waals surface area contributed by atoms with Gasteiger partial charge in [-0.15, -0.1) is 5.10 Å². The van der Waals surface area contributed by atoms with Crippen LogP contribution in [-0.4, -0.2) is 51.7 Å². The summed E-state index contributed by atoms with van der Waals surface area (Å²) in [6.07, 6.45) is 6.18. The van der Waals surface area contributed by atoms with Gasteiger partial charge in [-0.25, -0.2) is 4.98 Å². The fourth-order valence-electron chi connectivity index (χ4n) is 2.78. The number of likely N-dealkylation sites (tertiary alicyclic amines) is 1. The summed E-state index contributed by atoms with van der Waals surface area (Å²) in [4.78, 5) is 18.8. The Morgan fingerprint density at radius 2 is 2.15 bits per heavy atom. The molecule has 0 radical (unpaired) electrons. The third-order valence-corrected chi connectivity index (χ3v) is 4.03. The van der Waals surface area contributed by atoms with Crippen molar-refractivity contribution in [3.8, 4) is 0 Å². The van der Waals surface area contributed by atoms with Crippen LogP contribution in [-0.2, 0) is 0 Å². The Kier molecular flexibility index (Phi) is 4.00. The summed E-state index contributed by atoms with van der Waals surface area (Å²) < 4.78 is 0. The van der Waals surface area contributed by atoms with Gasteiger partial charge in [0.1, 0.15) is 5.82 Å². The Hall–Kier alpha value is -1.43. The normalized spacial score (nSPS) is 21.6. The molecule has 20 heavy (non-hydrogen) atoms. The zero-order valence-electron chi connectivity index (χ0n) is 12.1. The van der Waals surface area contributed by atoms with E-state index in [2.05, 4.69) is 25.4 Å². The fraction of sp³-hybridized carbons (Fsp3) is 0.786. The van der Waals surface area contributed by atoms with Gasteiger partial charge in [-0.1, -0.05) is 6.42 Å². The number of nitrogens with zero attached hydrogens (tertiary/aromatic N) is 3. The van der Waals surface area contributed by atoms with Gasteiger partial charge in [0.05, 0.1) is 0 Å². The molecule has 2 heterocycles. The zero-order valence-corrected chi connectivity index (χ0v) is 12.1. The number of hydrogen-bond acceptors (Lipinski definition) is 4. The first kappa shape index (κ1) is 13.5. The average molecular weight is 277 g/mol. The maximum absolute atomic E-state index is 12.1. The van der Waals surface area contributed by atoms with Gasteiger partial charge in [-0.05, 0) is 45.7 Å². The zero-order chi connectivity index (χ0) is 13.9. The number of aromatic amines is 1. The summed E-state index contributed by atoms with van der Waals surface area (Å²) in [6, 6.07) is 0.128. The van der Waals surface area contributed by atoms with E-state index < -0.39 is 0 Å². The lowest BCUT2D eigenvalue weighted by Gasteiger charge is -2.29. The van der Waals surface area contributed by atoms with Crippen molar-refractivity contribution < 1.29 is 4.79 Å². The number of carbonyl (C=O) groups is 1. The molecule has 2 fully saturated rings. The standard InChI is InChI=1S/C14H23N5O/c1-10(9-19-7-3-2-4-8-19)15-14(20)13-16-12(17-18-13)11-5-6-11/h10-11H,2-9H2,1H3,(H,15,20)(H,16,17,18). The minimum Gasteiger partial charge on any atom is -0.346 e. The first-order valence-electron chi connectivity index (χ1n) is 7.68. The van der Waals surface area contributed by atoms with Crippen molar-refractivity contribution in [2.45, 2.75) is 51.0 Å². The minimum absolute atomic E-state index is 0.128. The number of piperidine rings is 1.